The van der Waals surface area contributed by atoms with E-state index in [2.05, 4.69) is 121 Å². The van der Waals surface area contributed by atoms with E-state index in [0.717, 1.165) is 33.5 Å². The second-order valence-corrected chi connectivity index (χ2v) is 9.45. The third-order valence-corrected chi connectivity index (χ3v) is 7.39. The van der Waals surface area contributed by atoms with Crippen LogP contribution >= 0.6 is 0 Å². The molecule has 4 aromatic rings. The summed E-state index contributed by atoms with van der Waals surface area (Å²) in [6.45, 7) is 6.66. The fraction of sp³-hybridized carbons (Fsp3) is 0.188. The van der Waals surface area contributed by atoms with Crippen molar-refractivity contribution >= 4 is 0 Å². The zero-order valence-electron chi connectivity index (χ0n) is 20.6. The first kappa shape index (κ1) is 22.9. The lowest BCUT2D eigenvalue weighted by Gasteiger charge is -2.48. The summed E-state index contributed by atoms with van der Waals surface area (Å²) in [6.07, 6.45) is 1.98. The molecule has 35 heavy (non-hydrogen) atoms. The molecule has 1 aliphatic rings. The topological polar surface area (TPSA) is 35.5 Å². The van der Waals surface area contributed by atoms with E-state index in [9.17, 15) is 5.11 Å². The average Bonchev–Trinajstić information content (AvgIpc) is 3.39. The van der Waals surface area contributed by atoms with Gasteiger partial charge in [-0.2, -0.15) is 0 Å². The zero-order chi connectivity index (χ0) is 24.5. The lowest BCUT2D eigenvalue weighted by molar-refractivity contribution is 0.0466. The first-order valence-electron chi connectivity index (χ1n) is 12.1. The molecule has 0 spiro atoms. The average molecular weight is 461 g/mol. The molecule has 0 bridgehead atoms. The Kier molecular flexibility index (Phi) is 5.96. The van der Waals surface area contributed by atoms with Gasteiger partial charge in [0.05, 0.1) is 12.4 Å². The maximum Gasteiger partial charge on any atom is 0.128 e. The Hall–Kier alpha value is -3.82. The van der Waals surface area contributed by atoms with Gasteiger partial charge in [0.2, 0.25) is 0 Å². The van der Waals surface area contributed by atoms with E-state index in [1.54, 1.807) is 0 Å². The number of hydrogen-bond acceptors (Lipinski definition) is 3. The van der Waals surface area contributed by atoms with Crippen LogP contribution in [0.2, 0.25) is 0 Å². The van der Waals surface area contributed by atoms with Crippen LogP contribution < -0.4 is 5.32 Å². The Balaban J connectivity index is 1.79. The molecule has 0 amide bonds. The molecule has 0 aromatic heterocycles. The summed E-state index contributed by atoms with van der Waals surface area (Å²) >= 11 is 0. The van der Waals surface area contributed by atoms with Gasteiger partial charge in [0, 0.05) is 6.20 Å². The molecular formula is C32H32N2O. The van der Waals surface area contributed by atoms with Crippen molar-refractivity contribution in [2.75, 3.05) is 6.67 Å². The SMILES string of the molecule is Cc1cccc([C@@](C)(O)C2=CNCN2C(c2ccccc2)(c2ccccc2)c2ccccc2)c1C. The monoisotopic (exact) mass is 460 g/mol. The lowest BCUT2D eigenvalue weighted by atomic mass is 9.74. The summed E-state index contributed by atoms with van der Waals surface area (Å²) in [4.78, 5) is 2.33. The number of nitrogens with one attached hydrogen (secondary N) is 1. The molecule has 1 aliphatic heterocycles. The fourth-order valence-corrected chi connectivity index (χ4v) is 5.52. The molecule has 1 atom stereocenters. The van der Waals surface area contributed by atoms with Gasteiger partial charge in [-0.15, -0.1) is 0 Å². The Morgan fingerprint density at radius 3 is 1.66 bits per heavy atom. The fourth-order valence-electron chi connectivity index (χ4n) is 5.52. The number of nitrogens with zero attached hydrogens (tertiary/aromatic N) is 1. The van der Waals surface area contributed by atoms with Crippen LogP contribution in [0.15, 0.2) is 121 Å². The molecule has 4 aromatic carbocycles. The summed E-state index contributed by atoms with van der Waals surface area (Å²) in [5, 5.41) is 15.7. The number of aryl methyl sites for hydroxylation is 1. The van der Waals surface area contributed by atoms with E-state index in [1.165, 1.54) is 5.56 Å². The molecule has 0 fully saturated rings. The van der Waals surface area contributed by atoms with Gasteiger partial charge in [-0.3, -0.25) is 0 Å². The van der Waals surface area contributed by atoms with E-state index < -0.39 is 11.1 Å². The van der Waals surface area contributed by atoms with E-state index in [0.29, 0.717) is 6.67 Å². The van der Waals surface area contributed by atoms with Crippen molar-refractivity contribution in [2.45, 2.75) is 31.9 Å². The minimum atomic E-state index is -1.21. The van der Waals surface area contributed by atoms with Crippen LogP contribution in [0.25, 0.3) is 0 Å². The van der Waals surface area contributed by atoms with Gasteiger partial charge in [-0.25, -0.2) is 0 Å². The first-order chi connectivity index (χ1) is 17.0. The number of hydrogen-bond donors (Lipinski definition) is 2. The van der Waals surface area contributed by atoms with E-state index in [-0.39, 0.29) is 0 Å². The molecule has 0 saturated carbocycles. The molecule has 2 N–H and O–H groups in total. The third-order valence-electron chi connectivity index (χ3n) is 7.39. The van der Waals surface area contributed by atoms with Gasteiger partial charge in [0.15, 0.2) is 0 Å². The van der Waals surface area contributed by atoms with Crippen molar-refractivity contribution in [2.24, 2.45) is 0 Å². The predicted molar refractivity (Wildman–Crippen MR) is 143 cm³/mol. The van der Waals surface area contributed by atoms with Crippen molar-refractivity contribution < 1.29 is 5.11 Å². The summed E-state index contributed by atoms with van der Waals surface area (Å²) in [7, 11) is 0. The van der Waals surface area contributed by atoms with E-state index >= 15 is 0 Å². The van der Waals surface area contributed by atoms with Gasteiger partial charge in [0.25, 0.3) is 0 Å². The van der Waals surface area contributed by atoms with Crippen LogP contribution in [0.3, 0.4) is 0 Å². The van der Waals surface area contributed by atoms with Crippen LogP contribution in [0.4, 0.5) is 0 Å². The molecule has 0 saturated heterocycles. The van der Waals surface area contributed by atoms with Crippen LogP contribution in [0.5, 0.6) is 0 Å². The Bertz CT molecular complexity index is 1230. The second-order valence-electron chi connectivity index (χ2n) is 9.45. The number of rotatable bonds is 6. The number of benzene rings is 4. The standard InChI is InChI=1S/C32H32N2O/c1-24-14-13-21-29(25(24)2)31(3,35)30-22-33-23-34(30)32(26-15-7-4-8-16-26,27-17-9-5-10-18-27)28-19-11-6-12-20-28/h4-22,33,35H,23H2,1-3H3/t31-/m1/s1. The highest BCUT2D eigenvalue weighted by Gasteiger charge is 2.48. The first-order valence-corrected chi connectivity index (χ1v) is 12.1. The van der Waals surface area contributed by atoms with Crippen LogP contribution in [0, 0.1) is 13.8 Å². The number of aliphatic hydroxyl groups is 1. The molecule has 3 nitrogen and oxygen atoms in total. The predicted octanol–water partition coefficient (Wildman–Crippen LogP) is 6.21. The molecule has 3 heteroatoms. The second kappa shape index (κ2) is 9.09. The van der Waals surface area contributed by atoms with Gasteiger partial charge in [-0.1, -0.05) is 109 Å². The molecule has 1 heterocycles. The largest absolute Gasteiger partial charge is 0.379 e. The van der Waals surface area contributed by atoms with Crippen LogP contribution in [-0.2, 0) is 11.1 Å². The highest BCUT2D eigenvalue weighted by molar-refractivity contribution is 5.53. The smallest absolute Gasteiger partial charge is 0.128 e. The normalized spacial score (nSPS) is 15.3. The molecule has 0 unspecified atom stereocenters. The molecule has 176 valence electrons. The maximum atomic E-state index is 12.2. The zero-order valence-corrected chi connectivity index (χ0v) is 20.6. The van der Waals surface area contributed by atoms with Gasteiger partial charge in [0.1, 0.15) is 11.1 Å². The van der Waals surface area contributed by atoms with Crippen LogP contribution in [-0.4, -0.2) is 16.7 Å². The molecule has 0 radical (unpaired) electrons. The van der Waals surface area contributed by atoms with Crippen molar-refractivity contribution in [3.8, 4) is 0 Å². The van der Waals surface area contributed by atoms with Crippen molar-refractivity contribution in [1.29, 1.82) is 0 Å². The minimum Gasteiger partial charge on any atom is -0.379 e. The molecular weight excluding hydrogens is 428 g/mol. The summed E-state index contributed by atoms with van der Waals surface area (Å²) in [5.74, 6) is 0. The highest BCUT2D eigenvalue weighted by atomic mass is 16.3. The molecule has 5 rings (SSSR count). The van der Waals surface area contributed by atoms with Gasteiger partial charge < -0.3 is 15.3 Å². The Labute approximate surface area is 208 Å². The summed E-state index contributed by atoms with van der Waals surface area (Å²) < 4.78 is 0. The molecule has 0 aliphatic carbocycles. The lowest BCUT2D eigenvalue weighted by Crippen LogP contribution is -2.51. The minimum absolute atomic E-state index is 0.565. The third kappa shape index (κ3) is 3.73. The van der Waals surface area contributed by atoms with Crippen LogP contribution in [0.1, 0.15) is 40.3 Å². The van der Waals surface area contributed by atoms with Crippen molar-refractivity contribution in [3.05, 3.63) is 154 Å². The Morgan fingerprint density at radius 2 is 1.17 bits per heavy atom. The van der Waals surface area contributed by atoms with Gasteiger partial charge >= 0.3 is 0 Å². The Morgan fingerprint density at radius 1 is 0.686 bits per heavy atom. The summed E-state index contributed by atoms with van der Waals surface area (Å²) in [5.41, 5.74) is 5.60. The highest BCUT2D eigenvalue weighted by Crippen LogP contribution is 2.48. The van der Waals surface area contributed by atoms with Crippen molar-refractivity contribution in [1.82, 2.24) is 10.2 Å². The summed E-state index contributed by atoms with van der Waals surface area (Å²) in [6, 6.07) is 37.9. The van der Waals surface area contributed by atoms with Crippen molar-refractivity contribution in [3.63, 3.8) is 0 Å². The maximum absolute atomic E-state index is 12.2. The van der Waals surface area contributed by atoms with Gasteiger partial charge in [-0.05, 0) is 54.2 Å². The quantitative estimate of drug-likeness (QED) is 0.336. The van der Waals surface area contributed by atoms with E-state index in [1.807, 2.05) is 25.3 Å². The van der Waals surface area contributed by atoms with E-state index in [4.69, 9.17) is 0 Å².